The first-order valence-electron chi connectivity index (χ1n) is 2.99. The molecule has 0 spiro atoms. The maximum atomic E-state index is 10.5. The van der Waals surface area contributed by atoms with E-state index in [9.17, 15) is 14.4 Å². The van der Waals surface area contributed by atoms with Crippen molar-refractivity contribution in [2.75, 3.05) is 0 Å². The zero-order valence-corrected chi connectivity index (χ0v) is 6.27. The molecular formula is C6H8O6. The Kier molecular flexibility index (Phi) is 2.92. The van der Waals surface area contributed by atoms with E-state index in [1.807, 2.05) is 0 Å². The number of rotatable bonds is 4. The Labute approximate surface area is 67.4 Å². The van der Waals surface area contributed by atoms with E-state index in [1.54, 1.807) is 0 Å². The summed E-state index contributed by atoms with van der Waals surface area (Å²) in [5, 5.41) is 25.5. The standard InChI is InChI=1S/C6H8O6/c1-3(7)6(12,5(10)11)2-4(8)9/h12H,2H2,1H3,(H,8,9)(H,10,11). The molecule has 1 atom stereocenters. The first-order valence-corrected chi connectivity index (χ1v) is 2.99. The van der Waals surface area contributed by atoms with Crippen molar-refractivity contribution < 1.29 is 29.7 Å². The first-order chi connectivity index (χ1) is 5.30. The van der Waals surface area contributed by atoms with E-state index in [1.165, 1.54) is 0 Å². The van der Waals surface area contributed by atoms with Gasteiger partial charge < -0.3 is 15.3 Å². The van der Waals surface area contributed by atoms with Gasteiger partial charge in [0.1, 0.15) is 0 Å². The molecule has 0 aliphatic carbocycles. The van der Waals surface area contributed by atoms with Crippen molar-refractivity contribution in [3.05, 3.63) is 0 Å². The lowest BCUT2D eigenvalue weighted by molar-refractivity contribution is -0.170. The van der Waals surface area contributed by atoms with Gasteiger partial charge in [0.05, 0.1) is 6.42 Å². The molecular weight excluding hydrogens is 168 g/mol. The van der Waals surface area contributed by atoms with Crippen LogP contribution in [-0.2, 0) is 14.4 Å². The Morgan fingerprint density at radius 3 is 1.75 bits per heavy atom. The highest BCUT2D eigenvalue weighted by atomic mass is 16.4. The van der Waals surface area contributed by atoms with Gasteiger partial charge in [-0.2, -0.15) is 0 Å². The number of carbonyl (C=O) groups excluding carboxylic acids is 1. The summed E-state index contributed by atoms with van der Waals surface area (Å²) < 4.78 is 0. The quantitative estimate of drug-likeness (QED) is 0.467. The van der Waals surface area contributed by atoms with Crippen molar-refractivity contribution >= 4 is 17.7 Å². The summed E-state index contributed by atoms with van der Waals surface area (Å²) in [4.78, 5) is 30.9. The van der Waals surface area contributed by atoms with E-state index in [0.717, 1.165) is 6.92 Å². The van der Waals surface area contributed by atoms with Gasteiger partial charge >= 0.3 is 11.9 Å². The van der Waals surface area contributed by atoms with Gasteiger partial charge in [0.2, 0.25) is 5.60 Å². The van der Waals surface area contributed by atoms with Crippen molar-refractivity contribution in [1.82, 2.24) is 0 Å². The monoisotopic (exact) mass is 176 g/mol. The van der Waals surface area contributed by atoms with Crippen LogP contribution in [0.4, 0.5) is 0 Å². The van der Waals surface area contributed by atoms with Gasteiger partial charge in [0.15, 0.2) is 5.78 Å². The molecule has 0 rings (SSSR count). The van der Waals surface area contributed by atoms with Crippen molar-refractivity contribution in [2.24, 2.45) is 0 Å². The van der Waals surface area contributed by atoms with Crippen LogP contribution in [0.15, 0.2) is 0 Å². The Hall–Kier alpha value is -1.43. The molecule has 0 aliphatic heterocycles. The second-order valence-electron chi connectivity index (χ2n) is 2.29. The van der Waals surface area contributed by atoms with Crippen molar-refractivity contribution in [1.29, 1.82) is 0 Å². The molecule has 0 aromatic rings. The van der Waals surface area contributed by atoms with Crippen LogP contribution >= 0.6 is 0 Å². The van der Waals surface area contributed by atoms with E-state index in [-0.39, 0.29) is 0 Å². The number of aliphatic carboxylic acids is 2. The van der Waals surface area contributed by atoms with Crippen LogP contribution in [0.1, 0.15) is 13.3 Å². The van der Waals surface area contributed by atoms with Crippen molar-refractivity contribution in [3.63, 3.8) is 0 Å². The third-order valence-corrected chi connectivity index (χ3v) is 1.34. The van der Waals surface area contributed by atoms with Gasteiger partial charge in [-0.25, -0.2) is 4.79 Å². The maximum Gasteiger partial charge on any atom is 0.344 e. The second-order valence-corrected chi connectivity index (χ2v) is 2.29. The largest absolute Gasteiger partial charge is 0.481 e. The van der Waals surface area contributed by atoms with E-state index >= 15 is 0 Å². The SMILES string of the molecule is CC(=O)C(O)(CC(=O)O)C(=O)O. The highest BCUT2D eigenvalue weighted by Crippen LogP contribution is 2.11. The summed E-state index contributed by atoms with van der Waals surface area (Å²) in [5.41, 5.74) is -2.80. The van der Waals surface area contributed by atoms with E-state index < -0.39 is 29.7 Å². The molecule has 12 heavy (non-hydrogen) atoms. The van der Waals surface area contributed by atoms with Gasteiger partial charge in [0, 0.05) is 0 Å². The Balaban J connectivity index is 4.75. The summed E-state index contributed by atoms with van der Waals surface area (Å²) in [5.74, 6) is -4.50. The van der Waals surface area contributed by atoms with Crippen LogP contribution in [0.2, 0.25) is 0 Å². The highest BCUT2D eigenvalue weighted by molar-refractivity contribution is 6.07. The molecule has 0 aromatic carbocycles. The number of carboxylic acid groups (broad SMARTS) is 2. The molecule has 3 N–H and O–H groups in total. The minimum atomic E-state index is -2.80. The summed E-state index contributed by atoms with van der Waals surface area (Å²) in [7, 11) is 0. The second kappa shape index (κ2) is 3.31. The van der Waals surface area contributed by atoms with Crippen LogP contribution < -0.4 is 0 Å². The number of ketones is 1. The molecule has 0 amide bonds. The van der Waals surface area contributed by atoms with Gasteiger partial charge in [-0.1, -0.05) is 0 Å². The van der Waals surface area contributed by atoms with Gasteiger partial charge in [-0.15, -0.1) is 0 Å². The predicted octanol–water partition coefficient (Wildman–Crippen LogP) is -1.13. The first kappa shape index (κ1) is 10.6. The molecule has 0 aromatic heterocycles. The lowest BCUT2D eigenvalue weighted by Crippen LogP contribution is -2.47. The third-order valence-electron chi connectivity index (χ3n) is 1.34. The molecule has 0 saturated carbocycles. The molecule has 0 aliphatic rings. The molecule has 0 bridgehead atoms. The third kappa shape index (κ3) is 2.03. The number of hydrogen-bond acceptors (Lipinski definition) is 4. The average Bonchev–Trinajstić information content (AvgIpc) is 1.84. The van der Waals surface area contributed by atoms with Gasteiger partial charge in [-0.05, 0) is 6.92 Å². The topological polar surface area (TPSA) is 112 Å². The Bertz CT molecular complexity index is 216. The predicted molar refractivity (Wildman–Crippen MR) is 35.5 cm³/mol. The lowest BCUT2D eigenvalue weighted by Gasteiger charge is -2.16. The van der Waals surface area contributed by atoms with Crippen molar-refractivity contribution in [3.8, 4) is 0 Å². The smallest absolute Gasteiger partial charge is 0.344 e. The number of hydrogen-bond donors (Lipinski definition) is 3. The highest BCUT2D eigenvalue weighted by Gasteiger charge is 2.43. The molecule has 0 fully saturated rings. The normalized spacial score (nSPS) is 14.8. The molecule has 0 radical (unpaired) electrons. The zero-order chi connectivity index (χ0) is 9.94. The fourth-order valence-corrected chi connectivity index (χ4v) is 0.570. The fraction of sp³-hybridized carbons (Fsp3) is 0.500. The van der Waals surface area contributed by atoms with E-state index in [2.05, 4.69) is 0 Å². The number of aliphatic hydroxyl groups is 1. The number of carbonyl (C=O) groups is 3. The van der Waals surface area contributed by atoms with Crippen LogP contribution in [0.25, 0.3) is 0 Å². The molecule has 68 valence electrons. The van der Waals surface area contributed by atoms with Crippen LogP contribution in [0, 0.1) is 0 Å². The van der Waals surface area contributed by atoms with Crippen LogP contribution in [-0.4, -0.2) is 38.6 Å². The van der Waals surface area contributed by atoms with Crippen LogP contribution in [0.3, 0.4) is 0 Å². The molecule has 6 nitrogen and oxygen atoms in total. The fourth-order valence-electron chi connectivity index (χ4n) is 0.570. The van der Waals surface area contributed by atoms with Gasteiger partial charge in [0.25, 0.3) is 0 Å². The number of carboxylic acids is 2. The lowest BCUT2D eigenvalue weighted by atomic mass is 9.96. The Morgan fingerprint density at radius 1 is 1.25 bits per heavy atom. The molecule has 1 unspecified atom stereocenters. The average molecular weight is 176 g/mol. The summed E-state index contributed by atoms with van der Waals surface area (Å²) in [6, 6.07) is 0. The Morgan fingerprint density at radius 2 is 1.67 bits per heavy atom. The minimum Gasteiger partial charge on any atom is -0.481 e. The maximum absolute atomic E-state index is 10.5. The molecule has 0 saturated heterocycles. The summed E-state index contributed by atoms with van der Waals surface area (Å²) in [6.07, 6.45) is -1.13. The van der Waals surface area contributed by atoms with E-state index in [4.69, 9.17) is 15.3 Å². The van der Waals surface area contributed by atoms with Crippen molar-refractivity contribution in [2.45, 2.75) is 18.9 Å². The summed E-state index contributed by atoms with van der Waals surface area (Å²) >= 11 is 0. The van der Waals surface area contributed by atoms with Crippen LogP contribution in [0.5, 0.6) is 0 Å². The summed E-state index contributed by atoms with van der Waals surface area (Å²) in [6.45, 7) is 0.817. The zero-order valence-electron chi connectivity index (χ0n) is 6.27. The van der Waals surface area contributed by atoms with Gasteiger partial charge in [-0.3, -0.25) is 9.59 Å². The molecule has 0 heterocycles. The number of Topliss-reactive ketones (excluding diaryl/α,β-unsaturated/α-hetero) is 1. The van der Waals surface area contributed by atoms with E-state index in [0.29, 0.717) is 0 Å². The minimum absolute atomic E-state index is 0.817. The molecule has 6 heteroatoms.